The van der Waals surface area contributed by atoms with Crippen LogP contribution < -0.4 is 10.0 Å². The molecule has 0 aliphatic heterocycles. The van der Waals surface area contributed by atoms with Crippen LogP contribution in [0.15, 0.2) is 60.9 Å². The van der Waals surface area contributed by atoms with E-state index >= 15 is 0 Å². The molecule has 9 nitrogen and oxygen atoms in total. The Bertz CT molecular complexity index is 1360. The smallest absolute Gasteiger partial charge is 0.253 e. The van der Waals surface area contributed by atoms with Crippen molar-refractivity contribution in [3.8, 4) is 11.4 Å². The first-order valence-electron chi connectivity index (χ1n) is 10.7. The fraction of sp³-hybridized carbons (Fsp3) is 0.261. The van der Waals surface area contributed by atoms with E-state index < -0.39 is 10.0 Å². The summed E-state index contributed by atoms with van der Waals surface area (Å²) in [7, 11) is -1.66. The van der Waals surface area contributed by atoms with Crippen LogP contribution in [0.4, 0.5) is 5.69 Å². The average Bonchev–Trinajstić information content (AvgIpc) is 3.44. The molecule has 4 aromatic rings. The lowest BCUT2D eigenvalue weighted by atomic mass is 10.1. The van der Waals surface area contributed by atoms with Gasteiger partial charge in [0.1, 0.15) is 5.82 Å². The molecule has 0 bridgehead atoms. The summed E-state index contributed by atoms with van der Waals surface area (Å²) in [6, 6.07) is 14.7. The van der Waals surface area contributed by atoms with Crippen molar-refractivity contribution in [2.45, 2.75) is 19.9 Å². The summed E-state index contributed by atoms with van der Waals surface area (Å²) < 4.78 is 30.5. The van der Waals surface area contributed by atoms with Crippen molar-refractivity contribution < 1.29 is 13.2 Å². The second-order valence-corrected chi connectivity index (χ2v) is 9.65. The fourth-order valence-corrected chi connectivity index (χ4v) is 4.27. The van der Waals surface area contributed by atoms with Gasteiger partial charge >= 0.3 is 0 Å². The van der Waals surface area contributed by atoms with Gasteiger partial charge in [-0.1, -0.05) is 30.3 Å². The van der Waals surface area contributed by atoms with E-state index in [0.29, 0.717) is 47.6 Å². The first-order chi connectivity index (χ1) is 15.9. The highest BCUT2D eigenvalue weighted by atomic mass is 32.2. The van der Waals surface area contributed by atoms with E-state index in [0.717, 1.165) is 5.56 Å². The fourth-order valence-electron chi connectivity index (χ4n) is 3.65. The van der Waals surface area contributed by atoms with Crippen LogP contribution in [0, 0.1) is 0 Å². The Morgan fingerprint density at radius 3 is 2.61 bits per heavy atom. The molecule has 0 saturated heterocycles. The Morgan fingerprint density at radius 1 is 1.12 bits per heavy atom. The average molecular weight is 467 g/mol. The van der Waals surface area contributed by atoms with Crippen LogP contribution in [0.3, 0.4) is 0 Å². The van der Waals surface area contributed by atoms with Crippen LogP contribution in [0.2, 0.25) is 0 Å². The molecule has 2 N–H and O–H groups in total. The molecule has 0 unspecified atom stereocenters. The molecule has 2 aromatic carbocycles. The van der Waals surface area contributed by atoms with Gasteiger partial charge in [-0.3, -0.25) is 14.2 Å². The van der Waals surface area contributed by atoms with E-state index in [2.05, 4.69) is 15.1 Å². The number of carbonyl (C=O) groups is 1. The van der Waals surface area contributed by atoms with Gasteiger partial charge in [0.05, 0.1) is 28.0 Å². The molecule has 2 heterocycles. The van der Waals surface area contributed by atoms with Gasteiger partial charge in [0.25, 0.3) is 5.91 Å². The van der Waals surface area contributed by atoms with Gasteiger partial charge in [0.15, 0.2) is 0 Å². The summed E-state index contributed by atoms with van der Waals surface area (Å²) in [5.74, 6) is 0.326. The number of hydrogen-bond donors (Lipinski definition) is 2. The van der Waals surface area contributed by atoms with E-state index in [1.807, 2.05) is 54.2 Å². The molecule has 0 fully saturated rings. The number of amides is 1. The molecular weight excluding hydrogens is 440 g/mol. The van der Waals surface area contributed by atoms with Gasteiger partial charge in [-0.2, -0.15) is 5.10 Å². The Kier molecular flexibility index (Phi) is 6.45. The van der Waals surface area contributed by atoms with Gasteiger partial charge in [-0.25, -0.2) is 13.4 Å². The summed E-state index contributed by atoms with van der Waals surface area (Å²) >= 11 is 0. The number of carbonyl (C=O) groups excluding carboxylic acids is 1. The number of sulfonamides is 1. The second kappa shape index (κ2) is 9.45. The third kappa shape index (κ3) is 5.06. The Morgan fingerprint density at radius 2 is 1.91 bits per heavy atom. The number of anilines is 1. The van der Waals surface area contributed by atoms with Gasteiger partial charge in [0, 0.05) is 38.1 Å². The highest BCUT2D eigenvalue weighted by Gasteiger charge is 2.20. The minimum absolute atomic E-state index is 0.0719. The predicted molar refractivity (Wildman–Crippen MR) is 128 cm³/mol. The van der Waals surface area contributed by atoms with Crippen molar-refractivity contribution in [2.24, 2.45) is 7.05 Å². The first-order valence-corrected chi connectivity index (χ1v) is 12.3. The minimum Gasteiger partial charge on any atom is -0.352 e. The molecule has 4 rings (SSSR count). The largest absolute Gasteiger partial charge is 0.352 e. The third-order valence-corrected chi connectivity index (χ3v) is 6.61. The molecule has 0 atom stereocenters. The van der Waals surface area contributed by atoms with Crippen molar-refractivity contribution in [1.29, 1.82) is 0 Å². The number of aryl methyl sites for hydroxylation is 2. The van der Waals surface area contributed by atoms with Crippen molar-refractivity contribution in [1.82, 2.24) is 24.6 Å². The highest BCUT2D eigenvalue weighted by molar-refractivity contribution is 7.92. The summed E-state index contributed by atoms with van der Waals surface area (Å²) in [5, 5.41) is 7.09. The predicted octanol–water partition coefficient (Wildman–Crippen LogP) is 3.02. The molecule has 33 heavy (non-hydrogen) atoms. The lowest BCUT2D eigenvalue weighted by Gasteiger charge is -2.12. The molecule has 2 aromatic heterocycles. The molecule has 10 heteroatoms. The highest BCUT2D eigenvalue weighted by Crippen LogP contribution is 2.29. The van der Waals surface area contributed by atoms with Gasteiger partial charge < -0.3 is 9.88 Å². The second-order valence-electron chi connectivity index (χ2n) is 7.64. The standard InChI is InChI=1S/C23H26N6O3S/c1-3-33(31,32)27-18-15-19(23(30)24-11-7-13-29-14-8-12-25-29)21-20(16-18)26-22(28(21)2)17-9-5-4-6-10-17/h4-6,8-10,12,14-16,27H,3,7,11,13H2,1-2H3,(H,24,30). The molecule has 172 valence electrons. The van der Waals surface area contributed by atoms with Gasteiger partial charge in [-0.15, -0.1) is 0 Å². The molecular formula is C23H26N6O3S. The van der Waals surface area contributed by atoms with Crippen LogP contribution in [0.1, 0.15) is 23.7 Å². The van der Waals surface area contributed by atoms with Crippen molar-refractivity contribution >= 4 is 32.7 Å². The number of nitrogens with zero attached hydrogens (tertiary/aromatic N) is 4. The molecule has 0 saturated carbocycles. The lowest BCUT2D eigenvalue weighted by molar-refractivity contribution is 0.0954. The van der Waals surface area contributed by atoms with Gasteiger partial charge in [-0.05, 0) is 31.5 Å². The number of nitrogens with one attached hydrogen (secondary N) is 2. The van der Waals surface area contributed by atoms with Crippen LogP contribution in [0.5, 0.6) is 0 Å². The van der Waals surface area contributed by atoms with E-state index in [1.54, 1.807) is 29.9 Å². The molecule has 0 radical (unpaired) electrons. The maximum Gasteiger partial charge on any atom is 0.253 e. The zero-order valence-electron chi connectivity index (χ0n) is 18.5. The number of benzene rings is 2. The van der Waals surface area contributed by atoms with Crippen LogP contribution in [0.25, 0.3) is 22.4 Å². The molecule has 0 aliphatic carbocycles. The van der Waals surface area contributed by atoms with E-state index in [-0.39, 0.29) is 11.7 Å². The number of aromatic nitrogens is 4. The van der Waals surface area contributed by atoms with Crippen LogP contribution in [-0.4, -0.2) is 46.0 Å². The monoisotopic (exact) mass is 466 g/mol. The van der Waals surface area contributed by atoms with E-state index in [4.69, 9.17) is 4.98 Å². The third-order valence-electron chi connectivity index (χ3n) is 5.31. The van der Waals surface area contributed by atoms with Crippen LogP contribution >= 0.6 is 0 Å². The molecule has 0 aliphatic rings. The summed E-state index contributed by atoms with van der Waals surface area (Å²) in [6.45, 7) is 2.69. The summed E-state index contributed by atoms with van der Waals surface area (Å²) in [4.78, 5) is 17.9. The van der Waals surface area contributed by atoms with Crippen molar-refractivity contribution in [2.75, 3.05) is 17.0 Å². The van der Waals surface area contributed by atoms with E-state index in [9.17, 15) is 13.2 Å². The maximum atomic E-state index is 13.2. The molecule has 1 amide bonds. The summed E-state index contributed by atoms with van der Waals surface area (Å²) in [5.41, 5.74) is 2.74. The van der Waals surface area contributed by atoms with Crippen molar-refractivity contribution in [3.05, 3.63) is 66.5 Å². The maximum absolute atomic E-state index is 13.2. The van der Waals surface area contributed by atoms with E-state index in [1.165, 1.54) is 0 Å². The number of rotatable bonds is 9. The number of fused-ring (bicyclic) bond motifs is 1. The van der Waals surface area contributed by atoms with Crippen molar-refractivity contribution in [3.63, 3.8) is 0 Å². The number of imidazole rings is 1. The SMILES string of the molecule is CCS(=O)(=O)Nc1cc(C(=O)NCCCn2cccn2)c2c(c1)nc(-c1ccccc1)n2C. The molecule has 0 spiro atoms. The topological polar surface area (TPSA) is 111 Å². The van der Waals surface area contributed by atoms with Crippen LogP contribution in [-0.2, 0) is 23.6 Å². The number of hydrogen-bond acceptors (Lipinski definition) is 5. The summed E-state index contributed by atoms with van der Waals surface area (Å²) in [6.07, 6.45) is 4.29. The first kappa shape index (κ1) is 22.5. The van der Waals surface area contributed by atoms with Gasteiger partial charge in [0.2, 0.25) is 10.0 Å². The zero-order chi connectivity index (χ0) is 23.4. The minimum atomic E-state index is -3.51. The normalized spacial score (nSPS) is 11.6. The Labute approximate surface area is 192 Å². The quantitative estimate of drug-likeness (QED) is 0.369. The lowest BCUT2D eigenvalue weighted by Crippen LogP contribution is -2.26. The Hall–Kier alpha value is -3.66. The Balaban J connectivity index is 1.68. The zero-order valence-corrected chi connectivity index (χ0v) is 19.3.